The Balaban J connectivity index is 1.99. The van der Waals surface area contributed by atoms with E-state index in [9.17, 15) is 4.79 Å². The maximum atomic E-state index is 11.9. The van der Waals surface area contributed by atoms with Crippen LogP contribution >= 0.6 is 22.9 Å². The molecule has 0 amide bonds. The van der Waals surface area contributed by atoms with Crippen LogP contribution in [0.1, 0.15) is 29.6 Å². The van der Waals surface area contributed by atoms with Crippen LogP contribution in [0.5, 0.6) is 0 Å². The molecule has 0 spiro atoms. The first-order valence-electron chi connectivity index (χ1n) is 6.71. The first kappa shape index (κ1) is 13.8. The lowest BCUT2D eigenvalue weighted by Gasteiger charge is -2.20. The number of esters is 1. The van der Waals surface area contributed by atoms with E-state index in [4.69, 9.17) is 16.3 Å². The minimum atomic E-state index is -0.0935. The molecule has 1 aliphatic carbocycles. The number of aromatic nitrogens is 2. The van der Waals surface area contributed by atoms with Crippen molar-refractivity contribution in [2.24, 2.45) is 5.92 Å². The van der Waals surface area contributed by atoms with Gasteiger partial charge in [0.2, 0.25) is 0 Å². The van der Waals surface area contributed by atoms with E-state index >= 15 is 0 Å². The van der Waals surface area contributed by atoms with Crippen LogP contribution in [0, 0.1) is 12.8 Å². The van der Waals surface area contributed by atoms with E-state index in [0.717, 1.165) is 29.5 Å². The van der Waals surface area contributed by atoms with Crippen molar-refractivity contribution >= 4 is 39.1 Å². The summed E-state index contributed by atoms with van der Waals surface area (Å²) in [5.74, 6) is 0.551. The van der Waals surface area contributed by atoms with Crippen molar-refractivity contribution in [2.45, 2.75) is 33.1 Å². The Morgan fingerprint density at radius 2 is 2.30 bits per heavy atom. The van der Waals surface area contributed by atoms with Crippen molar-refractivity contribution in [2.75, 3.05) is 6.61 Å². The number of rotatable bonds is 2. The van der Waals surface area contributed by atoms with Gasteiger partial charge in [0, 0.05) is 4.88 Å². The molecule has 1 aliphatic rings. The smallest absolute Gasteiger partial charge is 0.309 e. The van der Waals surface area contributed by atoms with Crippen LogP contribution in [-0.4, -0.2) is 22.5 Å². The third kappa shape index (κ3) is 2.29. The Hall–Kier alpha value is -1.20. The van der Waals surface area contributed by atoms with E-state index in [-0.39, 0.29) is 11.9 Å². The highest BCUT2D eigenvalue weighted by Crippen LogP contribution is 2.40. The van der Waals surface area contributed by atoms with Crippen LogP contribution in [-0.2, 0) is 22.4 Å². The summed E-state index contributed by atoms with van der Waals surface area (Å²) in [6.07, 6.45) is 2.37. The van der Waals surface area contributed by atoms with Gasteiger partial charge in [0.25, 0.3) is 0 Å². The van der Waals surface area contributed by atoms with Crippen LogP contribution in [0.3, 0.4) is 0 Å². The van der Waals surface area contributed by atoms with Crippen molar-refractivity contribution in [3.8, 4) is 0 Å². The van der Waals surface area contributed by atoms with Gasteiger partial charge in [-0.25, -0.2) is 9.97 Å². The van der Waals surface area contributed by atoms with Crippen molar-refractivity contribution in [3.05, 3.63) is 21.4 Å². The van der Waals surface area contributed by atoms with E-state index in [1.54, 1.807) is 11.3 Å². The van der Waals surface area contributed by atoms with Gasteiger partial charge in [-0.1, -0.05) is 11.6 Å². The van der Waals surface area contributed by atoms with Crippen LogP contribution in [0.25, 0.3) is 10.2 Å². The molecule has 4 nitrogen and oxygen atoms in total. The summed E-state index contributed by atoms with van der Waals surface area (Å²) in [5, 5.41) is 1.50. The number of halogens is 1. The van der Waals surface area contributed by atoms with Crippen LogP contribution < -0.4 is 0 Å². The molecule has 0 N–H and O–H groups in total. The normalized spacial score (nSPS) is 18.1. The molecule has 1 atom stereocenters. The van der Waals surface area contributed by atoms with E-state index in [1.165, 1.54) is 10.4 Å². The van der Waals surface area contributed by atoms with Gasteiger partial charge >= 0.3 is 5.97 Å². The number of aryl methyl sites for hydroxylation is 2. The summed E-state index contributed by atoms with van der Waals surface area (Å²) in [5.41, 5.74) is 1.22. The topological polar surface area (TPSA) is 52.1 Å². The lowest BCUT2D eigenvalue weighted by atomic mass is 9.88. The maximum Gasteiger partial charge on any atom is 0.309 e. The van der Waals surface area contributed by atoms with Gasteiger partial charge in [-0.05, 0) is 38.7 Å². The third-order valence-electron chi connectivity index (χ3n) is 3.60. The molecule has 3 rings (SSSR count). The Bertz CT molecular complexity index is 683. The van der Waals surface area contributed by atoms with Gasteiger partial charge < -0.3 is 4.74 Å². The van der Waals surface area contributed by atoms with Crippen molar-refractivity contribution in [1.29, 1.82) is 0 Å². The fourth-order valence-electron chi connectivity index (χ4n) is 2.69. The van der Waals surface area contributed by atoms with Crippen LogP contribution in [0.2, 0.25) is 5.15 Å². The van der Waals surface area contributed by atoms with E-state index in [0.29, 0.717) is 17.6 Å². The van der Waals surface area contributed by atoms with E-state index in [1.807, 2.05) is 13.8 Å². The number of carbonyl (C=O) groups is 1. The molecule has 20 heavy (non-hydrogen) atoms. The number of nitrogens with zero attached hydrogens (tertiary/aromatic N) is 2. The zero-order chi connectivity index (χ0) is 14.3. The molecule has 0 radical (unpaired) electrons. The second kappa shape index (κ2) is 5.30. The highest BCUT2D eigenvalue weighted by Gasteiger charge is 2.29. The molecule has 106 valence electrons. The molecule has 2 heterocycles. The number of fused-ring (bicyclic) bond motifs is 3. The Kier molecular flexibility index (Phi) is 3.65. The quantitative estimate of drug-likeness (QED) is 0.630. The third-order valence-corrected chi connectivity index (χ3v) is 5.02. The van der Waals surface area contributed by atoms with Gasteiger partial charge in [-0.2, -0.15) is 0 Å². The van der Waals surface area contributed by atoms with Gasteiger partial charge in [-0.15, -0.1) is 11.3 Å². The second-order valence-corrected chi connectivity index (χ2v) is 6.38. The molecule has 0 aliphatic heterocycles. The van der Waals surface area contributed by atoms with E-state index < -0.39 is 0 Å². The van der Waals surface area contributed by atoms with Gasteiger partial charge in [0.1, 0.15) is 15.8 Å². The molecule has 0 bridgehead atoms. The molecular weight excluding hydrogens is 296 g/mol. The standard InChI is InChI=1S/C14H15ClN2O2S/c1-3-19-14(18)8-4-5-9-10(6-8)20-13-11(9)12(15)16-7(2)17-13/h8H,3-6H2,1-2H3. The summed E-state index contributed by atoms with van der Waals surface area (Å²) < 4.78 is 5.12. The van der Waals surface area contributed by atoms with Gasteiger partial charge in [0.05, 0.1) is 17.9 Å². The average molecular weight is 311 g/mol. The zero-order valence-electron chi connectivity index (χ0n) is 11.4. The molecule has 0 aromatic carbocycles. The first-order valence-corrected chi connectivity index (χ1v) is 7.90. The molecule has 6 heteroatoms. The SMILES string of the molecule is CCOC(=O)C1CCc2c(sc3nc(C)nc(Cl)c23)C1. The minimum absolute atomic E-state index is 0.0386. The lowest BCUT2D eigenvalue weighted by molar-refractivity contribution is -0.148. The summed E-state index contributed by atoms with van der Waals surface area (Å²) in [6, 6.07) is 0. The number of hydrogen-bond donors (Lipinski definition) is 0. The fraction of sp³-hybridized carbons (Fsp3) is 0.500. The van der Waals surface area contributed by atoms with Gasteiger partial charge in [0.15, 0.2) is 0 Å². The monoisotopic (exact) mass is 310 g/mol. The minimum Gasteiger partial charge on any atom is -0.466 e. The second-order valence-electron chi connectivity index (χ2n) is 4.94. The molecule has 2 aromatic heterocycles. The van der Waals surface area contributed by atoms with E-state index in [2.05, 4.69) is 9.97 Å². The molecular formula is C14H15ClN2O2S. The summed E-state index contributed by atoms with van der Waals surface area (Å²) in [6.45, 7) is 4.11. The molecule has 0 saturated heterocycles. The maximum absolute atomic E-state index is 11.9. The lowest BCUT2D eigenvalue weighted by Crippen LogP contribution is -2.23. The molecule has 0 saturated carbocycles. The Morgan fingerprint density at radius 3 is 3.05 bits per heavy atom. The van der Waals surface area contributed by atoms with Gasteiger partial charge in [-0.3, -0.25) is 4.79 Å². The van der Waals surface area contributed by atoms with Crippen LogP contribution in [0.15, 0.2) is 0 Å². The number of ether oxygens (including phenoxy) is 1. The van der Waals surface area contributed by atoms with Crippen molar-refractivity contribution in [3.63, 3.8) is 0 Å². The zero-order valence-corrected chi connectivity index (χ0v) is 13.0. The summed E-state index contributed by atoms with van der Waals surface area (Å²) in [4.78, 5) is 22.7. The Labute approximate surface area is 126 Å². The predicted molar refractivity (Wildman–Crippen MR) is 79.3 cm³/mol. The molecule has 0 fully saturated rings. The summed E-state index contributed by atoms with van der Waals surface area (Å²) >= 11 is 7.88. The summed E-state index contributed by atoms with van der Waals surface area (Å²) in [7, 11) is 0. The highest BCUT2D eigenvalue weighted by molar-refractivity contribution is 7.19. The number of carbonyl (C=O) groups excluding carboxylic acids is 1. The largest absolute Gasteiger partial charge is 0.466 e. The first-order chi connectivity index (χ1) is 9.60. The fourth-order valence-corrected chi connectivity index (χ4v) is 4.42. The number of hydrogen-bond acceptors (Lipinski definition) is 5. The van der Waals surface area contributed by atoms with Crippen molar-refractivity contribution in [1.82, 2.24) is 9.97 Å². The predicted octanol–water partition coefficient (Wildman–Crippen LogP) is 3.32. The average Bonchev–Trinajstić information content (AvgIpc) is 2.75. The number of thiophene rings is 1. The highest BCUT2D eigenvalue weighted by atomic mass is 35.5. The molecule has 1 unspecified atom stereocenters. The van der Waals surface area contributed by atoms with Crippen LogP contribution in [0.4, 0.5) is 0 Å². The Morgan fingerprint density at radius 1 is 1.50 bits per heavy atom. The van der Waals surface area contributed by atoms with Crippen molar-refractivity contribution < 1.29 is 9.53 Å². The molecule has 2 aromatic rings.